The fourth-order valence-corrected chi connectivity index (χ4v) is 1.48. The van der Waals surface area contributed by atoms with E-state index in [1.165, 1.54) is 5.32 Å². The monoisotopic (exact) mass is 297 g/mol. The van der Waals surface area contributed by atoms with Crippen molar-refractivity contribution in [1.82, 2.24) is 5.32 Å². The maximum Gasteiger partial charge on any atom is 0.471 e. The predicted molar refractivity (Wildman–Crippen MR) is 55.5 cm³/mol. The van der Waals surface area contributed by atoms with Gasteiger partial charge < -0.3 is 10.4 Å². The molecule has 0 saturated carbocycles. The molecule has 1 amide bonds. The zero-order valence-electron chi connectivity index (χ0n) is 9.67. The Morgan fingerprint density at radius 3 is 2.10 bits per heavy atom. The highest BCUT2D eigenvalue weighted by Gasteiger charge is 2.40. The van der Waals surface area contributed by atoms with E-state index in [-0.39, 0.29) is 0 Å². The van der Waals surface area contributed by atoms with Crippen molar-refractivity contribution in [3.8, 4) is 0 Å². The van der Waals surface area contributed by atoms with Crippen molar-refractivity contribution < 1.29 is 36.6 Å². The summed E-state index contributed by atoms with van der Waals surface area (Å²) in [4.78, 5) is 21.3. The van der Waals surface area contributed by atoms with Gasteiger partial charge in [0.15, 0.2) is 0 Å². The first-order valence-corrected chi connectivity index (χ1v) is 5.16. The van der Waals surface area contributed by atoms with E-state index in [0.717, 1.165) is 18.2 Å². The molecule has 0 aliphatic heterocycles. The number of nitrogens with one attached hydrogen (secondary N) is 1. The molecule has 0 unspecified atom stereocenters. The first kappa shape index (κ1) is 15.9. The van der Waals surface area contributed by atoms with Gasteiger partial charge in [0.05, 0.1) is 12.5 Å². The van der Waals surface area contributed by atoms with E-state index in [1.807, 2.05) is 0 Å². The van der Waals surface area contributed by atoms with Crippen molar-refractivity contribution >= 4 is 11.9 Å². The van der Waals surface area contributed by atoms with E-state index in [2.05, 4.69) is 0 Å². The number of carboxylic acids is 1. The maximum absolute atomic E-state index is 13.4. The van der Waals surface area contributed by atoms with Gasteiger partial charge in [0.2, 0.25) is 0 Å². The topological polar surface area (TPSA) is 66.4 Å². The Kier molecular flexibility index (Phi) is 4.64. The van der Waals surface area contributed by atoms with Gasteiger partial charge in [-0.3, -0.25) is 9.59 Å². The minimum Gasteiger partial charge on any atom is -0.481 e. The number of rotatable bonds is 4. The van der Waals surface area contributed by atoms with Crippen LogP contribution in [0.1, 0.15) is 18.0 Å². The number of carboxylic acid groups (broad SMARTS) is 1. The molecule has 9 heteroatoms. The largest absolute Gasteiger partial charge is 0.481 e. The van der Waals surface area contributed by atoms with Crippen molar-refractivity contribution in [2.24, 2.45) is 0 Å². The summed E-state index contributed by atoms with van der Waals surface area (Å²) in [7, 11) is 0. The number of amides is 1. The maximum atomic E-state index is 13.4. The second kappa shape index (κ2) is 5.85. The Morgan fingerprint density at radius 2 is 1.70 bits per heavy atom. The molecule has 0 saturated heterocycles. The highest BCUT2D eigenvalue weighted by atomic mass is 19.4. The van der Waals surface area contributed by atoms with Gasteiger partial charge in [-0.15, -0.1) is 0 Å². The van der Waals surface area contributed by atoms with Gasteiger partial charge in [-0.25, -0.2) is 8.78 Å². The molecule has 0 aliphatic rings. The molecule has 0 fully saturated rings. The van der Waals surface area contributed by atoms with Gasteiger partial charge >= 0.3 is 18.1 Å². The van der Waals surface area contributed by atoms with Crippen molar-refractivity contribution in [3.05, 3.63) is 35.4 Å². The highest BCUT2D eigenvalue weighted by molar-refractivity contribution is 5.82. The quantitative estimate of drug-likeness (QED) is 0.837. The molecule has 4 nitrogen and oxygen atoms in total. The Labute approximate surface area is 109 Å². The van der Waals surface area contributed by atoms with E-state index in [0.29, 0.717) is 0 Å². The molecular formula is C11H8F5NO3. The summed E-state index contributed by atoms with van der Waals surface area (Å²) >= 11 is 0. The number of alkyl halides is 3. The van der Waals surface area contributed by atoms with Crippen molar-refractivity contribution in [3.63, 3.8) is 0 Å². The average Bonchev–Trinajstić information content (AvgIpc) is 2.26. The summed E-state index contributed by atoms with van der Waals surface area (Å²) < 4.78 is 63.2. The van der Waals surface area contributed by atoms with Crippen LogP contribution in [-0.2, 0) is 9.59 Å². The summed E-state index contributed by atoms with van der Waals surface area (Å²) in [5.41, 5.74) is -0.937. The van der Waals surface area contributed by atoms with E-state index in [1.54, 1.807) is 0 Å². The van der Waals surface area contributed by atoms with Crippen LogP contribution in [-0.4, -0.2) is 23.2 Å². The summed E-state index contributed by atoms with van der Waals surface area (Å²) in [6.45, 7) is 0. The molecule has 1 rings (SSSR count). The van der Waals surface area contributed by atoms with E-state index < -0.39 is 47.7 Å². The van der Waals surface area contributed by atoms with Crippen LogP contribution in [0.4, 0.5) is 22.0 Å². The van der Waals surface area contributed by atoms with Gasteiger partial charge in [-0.1, -0.05) is 6.07 Å². The van der Waals surface area contributed by atoms with Crippen LogP contribution < -0.4 is 5.32 Å². The van der Waals surface area contributed by atoms with Gasteiger partial charge in [0, 0.05) is 5.56 Å². The lowest BCUT2D eigenvalue weighted by atomic mass is 10.0. The third-order valence-corrected chi connectivity index (χ3v) is 2.29. The molecule has 0 aliphatic carbocycles. The SMILES string of the molecule is O=C(O)C[C@H](NC(=O)C(F)(F)F)c1c(F)cccc1F. The van der Waals surface area contributed by atoms with Gasteiger partial charge in [0.1, 0.15) is 11.6 Å². The molecule has 0 heterocycles. The second-order valence-electron chi connectivity index (χ2n) is 3.76. The predicted octanol–water partition coefficient (Wildman–Crippen LogP) is 2.16. The lowest BCUT2D eigenvalue weighted by Crippen LogP contribution is -2.40. The van der Waals surface area contributed by atoms with E-state index >= 15 is 0 Å². The van der Waals surface area contributed by atoms with Crippen LogP contribution in [0.3, 0.4) is 0 Å². The number of hydrogen-bond acceptors (Lipinski definition) is 2. The molecule has 0 radical (unpaired) electrons. The fourth-order valence-electron chi connectivity index (χ4n) is 1.48. The normalized spacial score (nSPS) is 12.8. The van der Waals surface area contributed by atoms with Gasteiger partial charge in [0.25, 0.3) is 0 Å². The van der Waals surface area contributed by atoms with Crippen LogP contribution in [0.15, 0.2) is 18.2 Å². The fraction of sp³-hybridized carbons (Fsp3) is 0.273. The molecular weight excluding hydrogens is 289 g/mol. The molecule has 1 atom stereocenters. The first-order valence-electron chi connectivity index (χ1n) is 5.16. The summed E-state index contributed by atoms with van der Waals surface area (Å²) in [6.07, 6.45) is -6.39. The molecule has 0 bridgehead atoms. The Hall–Kier alpha value is -2.19. The first-order chi connectivity index (χ1) is 9.12. The smallest absolute Gasteiger partial charge is 0.471 e. The minimum atomic E-state index is -5.29. The number of aliphatic carboxylic acids is 1. The number of carbonyl (C=O) groups is 2. The lowest BCUT2D eigenvalue weighted by Gasteiger charge is -2.19. The van der Waals surface area contributed by atoms with Crippen molar-refractivity contribution in [2.75, 3.05) is 0 Å². The van der Waals surface area contributed by atoms with Crippen LogP contribution in [0, 0.1) is 11.6 Å². The van der Waals surface area contributed by atoms with Crippen LogP contribution in [0.5, 0.6) is 0 Å². The zero-order valence-corrected chi connectivity index (χ0v) is 9.67. The molecule has 20 heavy (non-hydrogen) atoms. The van der Waals surface area contributed by atoms with Crippen LogP contribution in [0.2, 0.25) is 0 Å². The van der Waals surface area contributed by atoms with Gasteiger partial charge in [-0.05, 0) is 12.1 Å². The molecule has 1 aromatic rings. The Morgan fingerprint density at radius 1 is 1.20 bits per heavy atom. The van der Waals surface area contributed by atoms with Gasteiger partial charge in [-0.2, -0.15) is 13.2 Å². The third-order valence-electron chi connectivity index (χ3n) is 2.29. The van der Waals surface area contributed by atoms with Crippen molar-refractivity contribution in [2.45, 2.75) is 18.6 Å². The number of halogens is 5. The summed E-state index contributed by atoms with van der Waals surface area (Å²) in [5, 5.41) is 9.83. The van der Waals surface area contributed by atoms with E-state index in [4.69, 9.17) is 5.11 Å². The van der Waals surface area contributed by atoms with Crippen LogP contribution >= 0.6 is 0 Å². The second-order valence-corrected chi connectivity index (χ2v) is 3.76. The zero-order chi connectivity index (χ0) is 15.5. The molecule has 0 spiro atoms. The Balaban J connectivity index is 3.13. The van der Waals surface area contributed by atoms with E-state index in [9.17, 15) is 31.5 Å². The summed E-state index contributed by atoms with van der Waals surface area (Å²) in [5.74, 6) is -6.61. The van der Waals surface area contributed by atoms with Crippen molar-refractivity contribution in [1.29, 1.82) is 0 Å². The van der Waals surface area contributed by atoms with Crippen LogP contribution in [0.25, 0.3) is 0 Å². The molecule has 1 aromatic carbocycles. The minimum absolute atomic E-state index is 0.743. The Bertz CT molecular complexity index is 509. The summed E-state index contributed by atoms with van der Waals surface area (Å²) in [6, 6.07) is 0.472. The molecule has 0 aromatic heterocycles. The highest BCUT2D eigenvalue weighted by Crippen LogP contribution is 2.25. The lowest BCUT2D eigenvalue weighted by molar-refractivity contribution is -0.174. The average molecular weight is 297 g/mol. The third kappa shape index (κ3) is 3.90. The number of carbonyl (C=O) groups excluding carboxylic acids is 1. The number of hydrogen-bond donors (Lipinski definition) is 2. The molecule has 2 N–H and O–H groups in total. The number of benzene rings is 1. The standard InChI is InChI=1S/C11H8F5NO3/c12-5-2-1-3-6(13)9(5)7(4-8(18)19)17-10(20)11(14,15)16/h1-3,7H,4H2,(H,17,20)(H,18,19)/t7-/m0/s1. The molecule has 110 valence electrons.